The van der Waals surface area contributed by atoms with Gasteiger partial charge in [-0.05, 0) is 159 Å². The van der Waals surface area contributed by atoms with E-state index in [2.05, 4.69) is 75.3 Å². The molecule has 9 aliphatic rings. The van der Waals surface area contributed by atoms with Gasteiger partial charge in [0, 0.05) is 16.7 Å². The van der Waals surface area contributed by atoms with Gasteiger partial charge in [-0.1, -0.05) is 112 Å². The number of ketones is 2. The van der Waals surface area contributed by atoms with Crippen LogP contribution in [-0.2, 0) is 33.3 Å². The van der Waals surface area contributed by atoms with E-state index in [1.165, 1.54) is 50.5 Å². The molecule has 1 N–H and O–H groups in total. The number of hydrogen-bond donors (Lipinski definition) is 1. The Labute approximate surface area is 385 Å². The van der Waals surface area contributed by atoms with Crippen LogP contribution in [0.5, 0.6) is 0 Å². The molecule has 1 heterocycles. The van der Waals surface area contributed by atoms with Gasteiger partial charge in [0.15, 0.2) is 24.3 Å². The molecule has 1 saturated heterocycles. The first-order chi connectivity index (χ1) is 30.3. The summed E-state index contributed by atoms with van der Waals surface area (Å²) in [6.07, 6.45) is 22.5. The summed E-state index contributed by atoms with van der Waals surface area (Å²) in [5.74, 6) is 4.68. The van der Waals surface area contributed by atoms with Gasteiger partial charge in [-0.2, -0.15) is 0 Å². The van der Waals surface area contributed by atoms with Crippen molar-refractivity contribution in [3.8, 4) is 0 Å². The molecule has 4 unspecified atom stereocenters. The highest BCUT2D eigenvalue weighted by molar-refractivity contribution is 6.01. The van der Waals surface area contributed by atoms with Crippen LogP contribution in [0.1, 0.15) is 172 Å². The summed E-state index contributed by atoms with van der Waals surface area (Å²) in [4.78, 5) is 40.8. The smallest absolute Gasteiger partial charge is 0.332 e. The molecule has 8 nitrogen and oxygen atoms in total. The minimum Gasteiger partial charge on any atom is -0.456 e. The number of carbonyl (C=O) groups is 3. The molecular weight excluding hydrogens is 801 g/mol. The van der Waals surface area contributed by atoms with Gasteiger partial charge in [0.1, 0.15) is 6.61 Å². The molecule has 8 aliphatic carbocycles. The van der Waals surface area contributed by atoms with E-state index in [0.717, 1.165) is 85.5 Å². The molecule has 356 valence electrons. The lowest BCUT2D eigenvalue weighted by Crippen LogP contribution is -2.66. The van der Waals surface area contributed by atoms with Crippen molar-refractivity contribution in [3.05, 3.63) is 35.5 Å². The van der Waals surface area contributed by atoms with E-state index < -0.39 is 52.9 Å². The second-order valence-electron chi connectivity index (χ2n) is 24.8. The van der Waals surface area contributed by atoms with E-state index >= 15 is 0 Å². The van der Waals surface area contributed by atoms with Crippen LogP contribution in [0, 0.1) is 80.3 Å². The first kappa shape index (κ1) is 47.0. The Bertz CT molecular complexity index is 1930. The summed E-state index contributed by atoms with van der Waals surface area (Å²) in [5, 5.41) is 12.2. The van der Waals surface area contributed by atoms with Crippen molar-refractivity contribution in [1.82, 2.24) is 0 Å². The van der Waals surface area contributed by atoms with Crippen LogP contribution in [0.4, 0.5) is 0 Å². The molecule has 0 radical (unpaired) electrons. The van der Waals surface area contributed by atoms with Crippen LogP contribution in [0.25, 0.3) is 0 Å². The van der Waals surface area contributed by atoms with E-state index in [0.29, 0.717) is 24.7 Å². The van der Waals surface area contributed by atoms with Gasteiger partial charge in [-0.15, -0.1) is 0 Å². The van der Waals surface area contributed by atoms with Gasteiger partial charge >= 0.3 is 5.97 Å². The highest BCUT2D eigenvalue weighted by Gasteiger charge is 2.80. The third kappa shape index (κ3) is 7.02. The molecule has 64 heavy (non-hydrogen) atoms. The van der Waals surface area contributed by atoms with Crippen LogP contribution in [-0.4, -0.2) is 66.1 Å². The molecule has 0 amide bonds. The number of aliphatic hydroxyl groups excluding tert-OH is 1. The normalized spacial score (nSPS) is 47.5. The zero-order chi connectivity index (χ0) is 45.8. The third-order valence-electron chi connectivity index (χ3n) is 21.9. The van der Waals surface area contributed by atoms with Gasteiger partial charge in [0.2, 0.25) is 5.78 Å². The van der Waals surface area contributed by atoms with Crippen LogP contribution in [0.3, 0.4) is 0 Å². The number of fused-ring (bicyclic) bond motifs is 12. The Balaban J connectivity index is 0.830. The van der Waals surface area contributed by atoms with Crippen LogP contribution in [0.15, 0.2) is 35.5 Å². The summed E-state index contributed by atoms with van der Waals surface area (Å²) < 4.78 is 25.7. The fourth-order valence-electron chi connectivity index (χ4n) is 17.7. The molecule has 0 aromatic heterocycles. The monoisotopic (exact) mass is 885 g/mol. The number of aliphatic hydroxyl groups is 1. The molecular formula is C56H84O8. The lowest BCUT2D eigenvalue weighted by molar-refractivity contribution is -0.225. The lowest BCUT2D eigenvalue weighted by atomic mass is 9.41. The number of rotatable bonds is 13. The Morgan fingerprint density at radius 1 is 0.906 bits per heavy atom. The molecule has 1 aliphatic heterocycles. The van der Waals surface area contributed by atoms with E-state index in [1.807, 2.05) is 6.08 Å². The second kappa shape index (κ2) is 16.8. The van der Waals surface area contributed by atoms with Crippen molar-refractivity contribution in [2.24, 2.45) is 80.3 Å². The van der Waals surface area contributed by atoms with E-state index in [9.17, 15) is 19.5 Å². The van der Waals surface area contributed by atoms with Crippen molar-refractivity contribution >= 4 is 17.5 Å². The molecule has 0 aromatic carbocycles. The maximum atomic E-state index is 14.9. The maximum Gasteiger partial charge on any atom is 0.332 e. The van der Waals surface area contributed by atoms with Crippen molar-refractivity contribution in [1.29, 1.82) is 0 Å². The second-order valence-corrected chi connectivity index (χ2v) is 24.8. The Morgan fingerprint density at radius 2 is 1.69 bits per heavy atom. The summed E-state index contributed by atoms with van der Waals surface area (Å²) >= 11 is 0. The first-order valence-corrected chi connectivity index (χ1v) is 26.2. The number of esters is 1. The van der Waals surface area contributed by atoms with E-state index in [-0.39, 0.29) is 41.5 Å². The minimum atomic E-state index is -1.36. The van der Waals surface area contributed by atoms with Gasteiger partial charge in [-0.25, -0.2) is 4.79 Å². The topological polar surface area (TPSA) is 108 Å². The van der Waals surface area contributed by atoms with Crippen molar-refractivity contribution < 1.29 is 38.4 Å². The molecule has 9 rings (SSSR count). The first-order valence-electron chi connectivity index (χ1n) is 26.2. The zero-order valence-corrected chi connectivity index (χ0v) is 41.3. The van der Waals surface area contributed by atoms with Gasteiger partial charge in [0.25, 0.3) is 0 Å². The summed E-state index contributed by atoms with van der Waals surface area (Å²) in [5.41, 5.74) is 0.306. The minimum absolute atomic E-state index is 0.00776. The average molecular weight is 885 g/mol. The summed E-state index contributed by atoms with van der Waals surface area (Å²) in [6, 6.07) is 0. The van der Waals surface area contributed by atoms with E-state index in [4.69, 9.17) is 18.9 Å². The van der Waals surface area contributed by atoms with Crippen molar-refractivity contribution in [2.75, 3.05) is 13.2 Å². The highest BCUT2D eigenvalue weighted by Crippen LogP contribution is 2.75. The van der Waals surface area contributed by atoms with Gasteiger partial charge < -0.3 is 24.1 Å². The van der Waals surface area contributed by atoms with E-state index in [1.54, 1.807) is 12.2 Å². The Morgan fingerprint density at radius 3 is 2.44 bits per heavy atom. The number of Topliss-reactive ketones (excluding diaryl/α,β-unsaturated/α-hetero) is 1. The van der Waals surface area contributed by atoms with Crippen molar-refractivity contribution in [2.45, 2.75) is 202 Å². The van der Waals surface area contributed by atoms with Crippen molar-refractivity contribution in [3.63, 3.8) is 0 Å². The molecule has 6 saturated carbocycles. The van der Waals surface area contributed by atoms with Gasteiger partial charge in [-0.3, -0.25) is 9.59 Å². The number of allylic oxidation sites excluding steroid dienone is 5. The Hall–Kier alpha value is -2.13. The molecule has 7 fully saturated rings. The zero-order valence-electron chi connectivity index (χ0n) is 41.3. The van der Waals surface area contributed by atoms with Gasteiger partial charge in [0.05, 0.1) is 18.3 Å². The standard InChI is InChI=1S/C56H84O8/c1-11-12-49-63-47-30-54(9)44-18-16-36-27-38(57)21-24-52(36,7)50(44)45(58)29-55(54,10)56(47,64-49)46(59)31-62-48(60)32-61-39-22-25-51(6)37(28-39)15-17-40-42-20-19-41(53(42,8)26-23-43(40)51)35(5)14-13-34(4)33(2)3/h15,21,24,27,33-35,39-45,47,49-50,58H,11-14,16-20,22-23,25-26,28-32H2,1-10H3/t34-,35-,39+,40+,41-,42?,43?,44-,45+,47?,49+,50?,51+,52+,53-,54+,55+,56-/m1/s1. The SMILES string of the molecule is CCC[C@H]1OC2C[C@@]3(C)[C@@H]4CCC5=CC(=O)C=C[C@]5(C)C4[C@@H](O)C[C@]3(C)[C@]2(C(=O)COC(=O)CO[C@H]2CC[C@@]3(C)C(=CC[C@@H]4C3CC[C@@]3(C)C4CC[C@@H]3[C@H](C)CC[C@@H](C)C(C)C)C2)O1. The predicted octanol–water partition coefficient (Wildman–Crippen LogP) is 11.3. The number of hydrogen-bond acceptors (Lipinski definition) is 8. The predicted molar refractivity (Wildman–Crippen MR) is 249 cm³/mol. The third-order valence-corrected chi connectivity index (χ3v) is 21.9. The molecule has 18 atom stereocenters. The molecule has 0 bridgehead atoms. The summed E-state index contributed by atoms with van der Waals surface area (Å²) in [6.45, 7) is 23.0. The molecule has 8 heteroatoms. The van der Waals surface area contributed by atoms with Crippen LogP contribution >= 0.6 is 0 Å². The number of ether oxygens (including phenoxy) is 4. The number of carbonyl (C=O) groups excluding carboxylic acids is 3. The highest BCUT2D eigenvalue weighted by atomic mass is 16.7. The molecule has 0 aromatic rings. The fourth-order valence-corrected chi connectivity index (χ4v) is 17.7. The largest absolute Gasteiger partial charge is 0.456 e. The summed E-state index contributed by atoms with van der Waals surface area (Å²) in [7, 11) is 0. The van der Waals surface area contributed by atoms with Crippen LogP contribution in [0.2, 0.25) is 0 Å². The molecule has 0 spiro atoms. The Kier molecular flexibility index (Phi) is 12.3. The lowest BCUT2D eigenvalue weighted by Gasteiger charge is -2.64. The maximum absolute atomic E-state index is 14.9. The van der Waals surface area contributed by atoms with Crippen LogP contribution < -0.4 is 0 Å². The fraction of sp³-hybridized carbons (Fsp3) is 0.839. The average Bonchev–Trinajstić information content (AvgIpc) is 3.86. The quantitative estimate of drug-likeness (QED) is 0.144.